The number of nitrogens with zero attached hydrogens (tertiary/aromatic N) is 1. The molecule has 0 bridgehead atoms. The van der Waals surface area contributed by atoms with Crippen LogP contribution < -0.4 is 10.6 Å². The van der Waals surface area contributed by atoms with Crippen LogP contribution in [0.2, 0.25) is 0 Å². The maximum absolute atomic E-state index is 12.7. The SMILES string of the molecule is C[C@@H]([NH2+][C@@H](c1ccccc1)c1cccs1)C(=O)Nc1ccccc1[N+](=O)[O-]. The Hall–Kier alpha value is -3.03. The fourth-order valence-electron chi connectivity index (χ4n) is 2.86. The van der Waals surface area contributed by atoms with Gasteiger partial charge in [0.25, 0.3) is 11.6 Å². The van der Waals surface area contributed by atoms with Gasteiger partial charge in [0.1, 0.15) is 11.7 Å². The van der Waals surface area contributed by atoms with Gasteiger partial charge in [-0.1, -0.05) is 48.5 Å². The van der Waals surface area contributed by atoms with Crippen LogP contribution in [0, 0.1) is 10.1 Å². The fourth-order valence-corrected chi connectivity index (χ4v) is 3.69. The lowest BCUT2D eigenvalue weighted by atomic mass is 10.0. The highest BCUT2D eigenvalue weighted by Crippen LogP contribution is 2.24. The van der Waals surface area contributed by atoms with Gasteiger partial charge in [0.15, 0.2) is 6.04 Å². The summed E-state index contributed by atoms with van der Waals surface area (Å²) in [6, 6.07) is 19.7. The van der Waals surface area contributed by atoms with E-state index < -0.39 is 11.0 Å². The molecule has 0 radical (unpaired) electrons. The molecule has 0 aliphatic heterocycles. The zero-order valence-electron chi connectivity index (χ0n) is 14.7. The van der Waals surface area contributed by atoms with Crippen molar-refractivity contribution in [3.63, 3.8) is 0 Å². The third kappa shape index (κ3) is 4.58. The number of thiophene rings is 1. The van der Waals surface area contributed by atoms with Crippen molar-refractivity contribution in [1.29, 1.82) is 0 Å². The normalized spacial score (nSPS) is 12.9. The maximum Gasteiger partial charge on any atom is 0.292 e. The van der Waals surface area contributed by atoms with Gasteiger partial charge in [-0.25, -0.2) is 0 Å². The molecule has 0 unspecified atom stereocenters. The first-order valence-corrected chi connectivity index (χ1v) is 9.42. The van der Waals surface area contributed by atoms with Crippen molar-refractivity contribution in [1.82, 2.24) is 0 Å². The van der Waals surface area contributed by atoms with Crippen LogP contribution in [-0.2, 0) is 4.79 Å². The average molecular weight is 382 g/mol. The van der Waals surface area contributed by atoms with Crippen LogP contribution in [0.1, 0.15) is 23.4 Å². The summed E-state index contributed by atoms with van der Waals surface area (Å²) in [7, 11) is 0. The molecule has 0 aliphatic rings. The van der Waals surface area contributed by atoms with Gasteiger partial charge in [-0.3, -0.25) is 14.9 Å². The number of amides is 1. The molecule has 0 saturated carbocycles. The summed E-state index contributed by atoms with van der Waals surface area (Å²) in [5, 5.41) is 17.8. The Morgan fingerprint density at radius 2 is 1.78 bits per heavy atom. The van der Waals surface area contributed by atoms with Crippen LogP contribution in [0.3, 0.4) is 0 Å². The average Bonchev–Trinajstić information content (AvgIpc) is 3.21. The molecule has 3 rings (SSSR count). The van der Waals surface area contributed by atoms with Gasteiger partial charge in [-0.05, 0) is 24.4 Å². The number of nitrogens with two attached hydrogens (primary N) is 1. The predicted octanol–water partition coefficient (Wildman–Crippen LogP) is 3.34. The lowest BCUT2D eigenvalue weighted by Gasteiger charge is -2.19. The van der Waals surface area contributed by atoms with Gasteiger partial charge in [-0.2, -0.15) is 0 Å². The van der Waals surface area contributed by atoms with Gasteiger partial charge in [0, 0.05) is 11.6 Å². The number of para-hydroxylation sites is 2. The summed E-state index contributed by atoms with van der Waals surface area (Å²) >= 11 is 1.64. The molecule has 0 aliphatic carbocycles. The number of benzene rings is 2. The number of hydrogen-bond donors (Lipinski definition) is 2. The molecule has 7 heteroatoms. The number of carbonyl (C=O) groups excluding carboxylic acids is 1. The molecule has 0 saturated heterocycles. The first kappa shape index (κ1) is 18.8. The summed E-state index contributed by atoms with van der Waals surface area (Å²) in [5.74, 6) is -0.276. The lowest BCUT2D eigenvalue weighted by Crippen LogP contribution is -2.92. The van der Waals surface area contributed by atoms with Crippen LogP contribution in [-0.4, -0.2) is 16.9 Å². The van der Waals surface area contributed by atoms with E-state index >= 15 is 0 Å². The fraction of sp³-hybridized carbons (Fsp3) is 0.150. The number of nitro groups is 1. The molecule has 1 aromatic heterocycles. The third-order valence-electron chi connectivity index (χ3n) is 4.26. The Kier molecular flexibility index (Phi) is 5.95. The van der Waals surface area contributed by atoms with Crippen molar-refractivity contribution in [2.24, 2.45) is 0 Å². The van der Waals surface area contributed by atoms with E-state index in [2.05, 4.69) is 5.32 Å². The minimum Gasteiger partial charge on any atom is -0.326 e. The topological polar surface area (TPSA) is 88.8 Å². The number of anilines is 1. The van der Waals surface area contributed by atoms with Crippen molar-refractivity contribution in [3.05, 3.63) is 92.7 Å². The Morgan fingerprint density at radius 3 is 2.44 bits per heavy atom. The van der Waals surface area contributed by atoms with E-state index in [-0.39, 0.29) is 23.3 Å². The summed E-state index contributed by atoms with van der Waals surface area (Å²) in [4.78, 5) is 24.4. The molecule has 2 aromatic carbocycles. The number of carbonyl (C=O) groups is 1. The maximum atomic E-state index is 12.7. The smallest absolute Gasteiger partial charge is 0.292 e. The highest BCUT2D eigenvalue weighted by molar-refractivity contribution is 7.10. The highest BCUT2D eigenvalue weighted by Gasteiger charge is 2.26. The van der Waals surface area contributed by atoms with Crippen LogP contribution >= 0.6 is 11.3 Å². The molecule has 0 spiro atoms. The minimum absolute atomic E-state index is 0.0160. The zero-order valence-corrected chi connectivity index (χ0v) is 15.6. The number of rotatable bonds is 7. The summed E-state index contributed by atoms with van der Waals surface area (Å²) in [5.41, 5.74) is 1.20. The van der Waals surface area contributed by atoms with Gasteiger partial charge < -0.3 is 10.6 Å². The van der Waals surface area contributed by atoms with Gasteiger partial charge >= 0.3 is 0 Å². The van der Waals surface area contributed by atoms with E-state index in [1.165, 1.54) is 12.1 Å². The summed E-state index contributed by atoms with van der Waals surface area (Å²) in [6.07, 6.45) is 0. The second-order valence-corrected chi connectivity index (χ2v) is 7.13. The summed E-state index contributed by atoms with van der Waals surface area (Å²) < 4.78 is 0. The van der Waals surface area contributed by atoms with Crippen LogP contribution in [0.25, 0.3) is 0 Å². The molecule has 1 heterocycles. The van der Waals surface area contributed by atoms with Crippen molar-refractivity contribution in [3.8, 4) is 0 Å². The minimum atomic E-state index is -0.498. The second-order valence-electron chi connectivity index (χ2n) is 6.15. The van der Waals surface area contributed by atoms with Crippen LogP contribution in [0.4, 0.5) is 11.4 Å². The number of nitro benzene ring substituents is 1. The molecular weight excluding hydrogens is 362 g/mol. The van der Waals surface area contributed by atoms with Crippen molar-refractivity contribution in [2.75, 3.05) is 5.32 Å². The first-order valence-electron chi connectivity index (χ1n) is 8.54. The highest BCUT2D eigenvalue weighted by atomic mass is 32.1. The lowest BCUT2D eigenvalue weighted by molar-refractivity contribution is -0.703. The van der Waals surface area contributed by atoms with Gasteiger partial charge in [-0.15, -0.1) is 11.3 Å². The van der Waals surface area contributed by atoms with E-state index in [0.717, 1.165) is 10.4 Å². The van der Waals surface area contributed by atoms with Crippen LogP contribution in [0.5, 0.6) is 0 Å². The van der Waals surface area contributed by atoms with Crippen molar-refractivity contribution >= 4 is 28.6 Å². The Balaban J connectivity index is 1.77. The second kappa shape index (κ2) is 8.57. The molecule has 1 amide bonds. The summed E-state index contributed by atoms with van der Waals surface area (Å²) in [6.45, 7) is 1.80. The Labute approximate surface area is 161 Å². The Morgan fingerprint density at radius 1 is 1.07 bits per heavy atom. The van der Waals surface area contributed by atoms with Crippen molar-refractivity contribution in [2.45, 2.75) is 19.0 Å². The van der Waals surface area contributed by atoms with E-state index in [0.29, 0.717) is 0 Å². The molecule has 0 fully saturated rings. The monoisotopic (exact) mass is 382 g/mol. The molecule has 6 nitrogen and oxygen atoms in total. The van der Waals surface area contributed by atoms with E-state index in [1.807, 2.05) is 53.2 Å². The number of quaternary nitrogens is 1. The Bertz CT molecular complexity index is 913. The zero-order chi connectivity index (χ0) is 19.2. The molecule has 27 heavy (non-hydrogen) atoms. The molecule has 3 N–H and O–H groups in total. The third-order valence-corrected chi connectivity index (χ3v) is 5.22. The van der Waals surface area contributed by atoms with Crippen molar-refractivity contribution < 1.29 is 15.0 Å². The van der Waals surface area contributed by atoms with Gasteiger partial charge in [0.05, 0.1) is 9.80 Å². The molecule has 138 valence electrons. The quantitative estimate of drug-likeness (QED) is 0.485. The standard InChI is InChI=1S/C20H19N3O3S/c1-14(20(24)22-16-10-5-6-11-17(16)23(25)26)21-19(18-12-7-13-27-18)15-8-3-2-4-9-15/h2-14,19,21H,1H3,(H,22,24)/p+1/t14-,19+/m1/s1. The van der Waals surface area contributed by atoms with Crippen LogP contribution in [0.15, 0.2) is 72.1 Å². The van der Waals surface area contributed by atoms with E-state index in [9.17, 15) is 14.9 Å². The predicted molar refractivity (Wildman–Crippen MR) is 106 cm³/mol. The molecule has 2 atom stereocenters. The van der Waals surface area contributed by atoms with E-state index in [1.54, 1.807) is 30.4 Å². The number of hydrogen-bond acceptors (Lipinski definition) is 4. The number of nitrogens with one attached hydrogen (secondary N) is 1. The first-order chi connectivity index (χ1) is 13.1. The molecule has 3 aromatic rings. The van der Waals surface area contributed by atoms with E-state index in [4.69, 9.17) is 0 Å². The van der Waals surface area contributed by atoms with Gasteiger partial charge in [0.2, 0.25) is 0 Å². The molecular formula is C20H20N3O3S+. The largest absolute Gasteiger partial charge is 0.326 e.